The van der Waals surface area contributed by atoms with Gasteiger partial charge in [-0.15, -0.1) is 0 Å². The molecule has 0 atom stereocenters. The number of amides is 1. The number of hydrogen-bond acceptors (Lipinski definition) is 5. The van der Waals surface area contributed by atoms with Crippen molar-refractivity contribution in [1.82, 2.24) is 5.43 Å². The highest BCUT2D eigenvalue weighted by Crippen LogP contribution is 2.37. The zero-order valence-electron chi connectivity index (χ0n) is 15.9. The van der Waals surface area contributed by atoms with Crippen LogP contribution in [0.15, 0.2) is 70.2 Å². The number of hydrogen-bond donors (Lipinski definition) is 2. The van der Waals surface area contributed by atoms with Crippen LogP contribution in [0.3, 0.4) is 0 Å². The van der Waals surface area contributed by atoms with Crippen molar-refractivity contribution in [2.45, 2.75) is 6.61 Å². The number of aromatic hydroxyl groups is 1. The minimum absolute atomic E-state index is 0.116. The fourth-order valence-electron chi connectivity index (χ4n) is 2.61. The van der Waals surface area contributed by atoms with Crippen LogP contribution in [0.1, 0.15) is 21.5 Å². The largest absolute Gasteiger partial charge is 0.507 e. The molecule has 0 aliphatic carbocycles. The number of phenolic OH excluding ortho intramolecular Hbond substituents is 1. The Morgan fingerprint density at radius 1 is 1.20 bits per heavy atom. The number of carbonyl (C=O) groups is 1. The van der Waals surface area contributed by atoms with Crippen molar-refractivity contribution in [3.05, 3.63) is 86.8 Å². The number of nitrogens with zero attached hydrogens (tertiary/aromatic N) is 1. The van der Waals surface area contributed by atoms with Gasteiger partial charge in [0.25, 0.3) is 5.91 Å². The van der Waals surface area contributed by atoms with Crippen LogP contribution in [0, 0.1) is 0 Å². The van der Waals surface area contributed by atoms with Crippen molar-refractivity contribution in [2.24, 2.45) is 5.10 Å². The summed E-state index contributed by atoms with van der Waals surface area (Å²) in [5.74, 6) is 0.377. The molecule has 154 valence electrons. The molecule has 2 N–H and O–H groups in total. The van der Waals surface area contributed by atoms with E-state index in [-0.39, 0.29) is 17.9 Å². The van der Waals surface area contributed by atoms with Gasteiger partial charge in [0, 0.05) is 10.6 Å². The van der Waals surface area contributed by atoms with Crippen LogP contribution in [-0.4, -0.2) is 24.3 Å². The number of halogens is 2. The summed E-state index contributed by atoms with van der Waals surface area (Å²) in [6, 6.07) is 17.2. The lowest BCUT2D eigenvalue weighted by atomic mass is 10.2. The fraction of sp³-hybridized carbons (Fsp3) is 0.0909. The Balaban J connectivity index is 1.72. The Morgan fingerprint density at radius 3 is 2.67 bits per heavy atom. The molecule has 6 nitrogen and oxygen atoms in total. The van der Waals surface area contributed by atoms with E-state index in [1.165, 1.54) is 25.5 Å². The SMILES string of the molecule is COc1cc(/C=N\NC(=O)c2ccccc2O)cc(Br)c1OCc1ccccc1Cl. The van der Waals surface area contributed by atoms with E-state index in [2.05, 4.69) is 26.5 Å². The third kappa shape index (κ3) is 5.31. The minimum atomic E-state index is -0.518. The van der Waals surface area contributed by atoms with Crippen molar-refractivity contribution in [2.75, 3.05) is 7.11 Å². The minimum Gasteiger partial charge on any atom is -0.507 e. The highest BCUT2D eigenvalue weighted by atomic mass is 79.9. The standard InChI is InChI=1S/C22H18BrClN2O4/c1-29-20-11-14(12-25-26-22(28)16-7-3-5-9-19(16)27)10-17(23)21(20)30-13-15-6-2-4-8-18(15)24/h2-12,27H,13H2,1H3,(H,26,28)/b25-12-. The normalized spacial score (nSPS) is 10.8. The number of para-hydroxylation sites is 1. The lowest BCUT2D eigenvalue weighted by molar-refractivity contribution is 0.0952. The van der Waals surface area contributed by atoms with Gasteiger partial charge in [-0.2, -0.15) is 5.10 Å². The zero-order chi connectivity index (χ0) is 21.5. The molecule has 3 rings (SSSR count). The Kier molecular flexibility index (Phi) is 7.32. The molecule has 0 aliphatic rings. The van der Waals surface area contributed by atoms with Gasteiger partial charge in [-0.25, -0.2) is 5.43 Å². The molecule has 0 saturated heterocycles. The maximum absolute atomic E-state index is 12.1. The van der Waals surface area contributed by atoms with Crippen molar-refractivity contribution in [3.63, 3.8) is 0 Å². The average molecular weight is 490 g/mol. The number of hydrazone groups is 1. The van der Waals surface area contributed by atoms with Gasteiger partial charge in [-0.3, -0.25) is 4.79 Å². The Bertz CT molecular complexity index is 1090. The first kappa shape index (κ1) is 21.7. The summed E-state index contributed by atoms with van der Waals surface area (Å²) in [6.07, 6.45) is 1.46. The van der Waals surface area contributed by atoms with E-state index in [1.807, 2.05) is 18.2 Å². The molecule has 0 radical (unpaired) electrons. The number of benzene rings is 3. The molecule has 0 unspecified atom stereocenters. The molecular formula is C22H18BrClN2O4. The first-order valence-electron chi connectivity index (χ1n) is 8.84. The van der Waals surface area contributed by atoms with Crippen LogP contribution in [0.2, 0.25) is 5.02 Å². The molecule has 3 aromatic carbocycles. The van der Waals surface area contributed by atoms with E-state index in [0.29, 0.717) is 26.6 Å². The van der Waals surface area contributed by atoms with E-state index < -0.39 is 5.91 Å². The van der Waals surface area contributed by atoms with Crippen LogP contribution in [0.25, 0.3) is 0 Å². The summed E-state index contributed by atoms with van der Waals surface area (Å²) in [6.45, 7) is 0.276. The number of carbonyl (C=O) groups excluding carboxylic acids is 1. The van der Waals surface area contributed by atoms with Gasteiger partial charge in [0.05, 0.1) is 23.4 Å². The lowest BCUT2D eigenvalue weighted by Gasteiger charge is -2.14. The van der Waals surface area contributed by atoms with E-state index in [0.717, 1.165) is 5.56 Å². The van der Waals surface area contributed by atoms with Gasteiger partial charge in [0.1, 0.15) is 12.4 Å². The van der Waals surface area contributed by atoms with Crippen LogP contribution in [0.5, 0.6) is 17.2 Å². The summed E-state index contributed by atoms with van der Waals surface area (Å²) < 4.78 is 12.0. The van der Waals surface area contributed by atoms with Crippen molar-refractivity contribution in [1.29, 1.82) is 0 Å². The quantitative estimate of drug-likeness (QED) is 0.355. The Morgan fingerprint density at radius 2 is 1.93 bits per heavy atom. The third-order valence-electron chi connectivity index (χ3n) is 4.11. The molecule has 0 heterocycles. The molecule has 0 aliphatic heterocycles. The molecule has 0 saturated carbocycles. The third-order valence-corrected chi connectivity index (χ3v) is 5.07. The van der Waals surface area contributed by atoms with Crippen LogP contribution in [-0.2, 0) is 6.61 Å². The van der Waals surface area contributed by atoms with Crippen LogP contribution >= 0.6 is 27.5 Å². The van der Waals surface area contributed by atoms with Gasteiger partial charge in [-0.05, 0) is 51.8 Å². The molecule has 30 heavy (non-hydrogen) atoms. The summed E-state index contributed by atoms with van der Waals surface area (Å²) >= 11 is 9.65. The average Bonchev–Trinajstić information content (AvgIpc) is 2.74. The number of methoxy groups -OCH3 is 1. The number of ether oxygens (including phenoxy) is 2. The van der Waals surface area contributed by atoms with E-state index >= 15 is 0 Å². The predicted octanol–water partition coefficient (Wildman–Crippen LogP) is 5.16. The van der Waals surface area contributed by atoms with Gasteiger partial charge in [-0.1, -0.05) is 41.9 Å². The molecule has 0 fully saturated rings. The summed E-state index contributed by atoms with van der Waals surface area (Å²) in [5, 5.41) is 14.3. The first-order valence-corrected chi connectivity index (χ1v) is 10.0. The molecular weight excluding hydrogens is 472 g/mol. The van der Waals surface area contributed by atoms with Gasteiger partial charge in [0.2, 0.25) is 0 Å². The smallest absolute Gasteiger partial charge is 0.275 e. The Labute approximate surface area is 187 Å². The molecule has 0 bridgehead atoms. The number of rotatable bonds is 7. The summed E-state index contributed by atoms with van der Waals surface area (Å²) in [7, 11) is 1.53. The lowest BCUT2D eigenvalue weighted by Crippen LogP contribution is -2.17. The summed E-state index contributed by atoms with van der Waals surface area (Å²) in [4.78, 5) is 12.1. The topological polar surface area (TPSA) is 80.2 Å². The van der Waals surface area contributed by atoms with Crippen LogP contribution < -0.4 is 14.9 Å². The molecule has 0 aromatic heterocycles. The monoisotopic (exact) mass is 488 g/mol. The molecule has 1 amide bonds. The summed E-state index contributed by atoms with van der Waals surface area (Å²) in [5.41, 5.74) is 4.04. The maximum Gasteiger partial charge on any atom is 0.275 e. The second-order valence-electron chi connectivity index (χ2n) is 6.13. The van der Waals surface area contributed by atoms with Gasteiger partial charge < -0.3 is 14.6 Å². The molecule has 0 spiro atoms. The first-order chi connectivity index (χ1) is 14.5. The number of nitrogens with one attached hydrogen (secondary N) is 1. The molecule has 8 heteroatoms. The zero-order valence-corrected chi connectivity index (χ0v) is 18.3. The Hall–Kier alpha value is -3.03. The van der Waals surface area contributed by atoms with E-state index in [9.17, 15) is 9.90 Å². The fourth-order valence-corrected chi connectivity index (χ4v) is 3.38. The second kappa shape index (κ2) is 10.1. The predicted molar refractivity (Wildman–Crippen MR) is 120 cm³/mol. The van der Waals surface area contributed by atoms with E-state index in [4.69, 9.17) is 21.1 Å². The van der Waals surface area contributed by atoms with Crippen molar-refractivity contribution in [3.8, 4) is 17.2 Å². The van der Waals surface area contributed by atoms with Gasteiger partial charge >= 0.3 is 0 Å². The highest BCUT2D eigenvalue weighted by molar-refractivity contribution is 9.10. The van der Waals surface area contributed by atoms with Gasteiger partial charge in [0.15, 0.2) is 11.5 Å². The van der Waals surface area contributed by atoms with E-state index in [1.54, 1.807) is 30.3 Å². The maximum atomic E-state index is 12.1. The highest BCUT2D eigenvalue weighted by Gasteiger charge is 2.13. The van der Waals surface area contributed by atoms with Crippen molar-refractivity contribution < 1.29 is 19.4 Å². The van der Waals surface area contributed by atoms with Crippen LogP contribution in [0.4, 0.5) is 0 Å². The van der Waals surface area contributed by atoms with Crippen molar-refractivity contribution >= 4 is 39.7 Å². The molecule has 3 aromatic rings. The number of phenols is 1. The second-order valence-corrected chi connectivity index (χ2v) is 7.39.